The number of anilines is 2. The van der Waals surface area contributed by atoms with Gasteiger partial charge in [0.15, 0.2) is 0 Å². The van der Waals surface area contributed by atoms with Crippen molar-refractivity contribution in [3.05, 3.63) is 48.5 Å². The molecule has 0 aliphatic carbocycles. The molecule has 0 radical (unpaired) electrons. The number of ether oxygens (including phenoxy) is 2. The molecule has 5 nitrogen and oxygen atoms in total. The van der Waals surface area contributed by atoms with E-state index in [0.29, 0.717) is 24.6 Å². The first-order valence-electron chi connectivity index (χ1n) is 6.72. The second-order valence-electron chi connectivity index (χ2n) is 4.63. The van der Waals surface area contributed by atoms with Gasteiger partial charge in [-0.15, -0.1) is 0 Å². The minimum atomic E-state index is -0.181. The Hall–Kier alpha value is -2.69. The number of hydrogen-bond acceptors (Lipinski definition) is 3. The highest BCUT2D eigenvalue weighted by atomic mass is 16.5. The van der Waals surface area contributed by atoms with Crippen molar-refractivity contribution in [2.24, 2.45) is 0 Å². The van der Waals surface area contributed by atoms with Crippen LogP contribution in [0.2, 0.25) is 0 Å². The first-order chi connectivity index (χ1) is 10.3. The minimum absolute atomic E-state index is 0.181. The van der Waals surface area contributed by atoms with Crippen molar-refractivity contribution in [3.63, 3.8) is 0 Å². The molecule has 0 unspecified atom stereocenters. The molecule has 21 heavy (non-hydrogen) atoms. The van der Waals surface area contributed by atoms with E-state index >= 15 is 0 Å². The topological polar surface area (TPSA) is 50.8 Å². The number of benzene rings is 2. The Balaban J connectivity index is 1.80. The van der Waals surface area contributed by atoms with Gasteiger partial charge in [0, 0.05) is 11.8 Å². The third-order valence-corrected chi connectivity index (χ3v) is 3.29. The van der Waals surface area contributed by atoms with Gasteiger partial charge in [0.25, 0.3) is 0 Å². The van der Waals surface area contributed by atoms with Crippen molar-refractivity contribution < 1.29 is 14.3 Å². The summed E-state index contributed by atoms with van der Waals surface area (Å²) in [5.74, 6) is 1.43. The third-order valence-electron chi connectivity index (χ3n) is 3.29. The van der Waals surface area contributed by atoms with Gasteiger partial charge in [-0.1, -0.05) is 18.2 Å². The summed E-state index contributed by atoms with van der Waals surface area (Å²) in [6.45, 7) is 1.01. The standard InChI is InChI=1S/C16H16N2O3/c1-20-13-6-4-5-12(11-13)17-16(19)18-9-10-21-15-8-3-2-7-14(15)18/h2-8,11H,9-10H2,1H3,(H,17,19). The van der Waals surface area contributed by atoms with Crippen molar-refractivity contribution in [1.82, 2.24) is 0 Å². The molecule has 1 heterocycles. The molecule has 0 bridgehead atoms. The highest BCUT2D eigenvalue weighted by Gasteiger charge is 2.23. The van der Waals surface area contributed by atoms with Crippen molar-refractivity contribution in [2.75, 3.05) is 30.5 Å². The van der Waals surface area contributed by atoms with Gasteiger partial charge in [-0.2, -0.15) is 0 Å². The molecule has 108 valence electrons. The van der Waals surface area contributed by atoms with Gasteiger partial charge >= 0.3 is 6.03 Å². The van der Waals surface area contributed by atoms with E-state index in [1.807, 2.05) is 42.5 Å². The van der Waals surface area contributed by atoms with Crippen LogP contribution in [0.1, 0.15) is 0 Å². The van der Waals surface area contributed by atoms with Gasteiger partial charge in [-0.25, -0.2) is 4.79 Å². The SMILES string of the molecule is COc1cccc(NC(=O)N2CCOc3ccccc32)c1. The number of methoxy groups -OCH3 is 1. The number of nitrogens with one attached hydrogen (secondary N) is 1. The van der Waals surface area contributed by atoms with E-state index in [9.17, 15) is 4.79 Å². The zero-order valence-corrected chi connectivity index (χ0v) is 11.7. The monoisotopic (exact) mass is 284 g/mol. The van der Waals surface area contributed by atoms with Crippen LogP contribution in [0.25, 0.3) is 0 Å². The summed E-state index contributed by atoms with van der Waals surface area (Å²) >= 11 is 0. The molecule has 3 rings (SSSR count). The van der Waals surface area contributed by atoms with E-state index in [1.54, 1.807) is 18.1 Å². The second-order valence-corrected chi connectivity index (χ2v) is 4.63. The molecule has 1 aliphatic heterocycles. The fourth-order valence-corrected chi connectivity index (χ4v) is 2.27. The van der Waals surface area contributed by atoms with Crippen LogP contribution in [0.5, 0.6) is 11.5 Å². The molecular weight excluding hydrogens is 268 g/mol. The van der Waals surface area contributed by atoms with E-state index in [4.69, 9.17) is 9.47 Å². The average molecular weight is 284 g/mol. The van der Waals surface area contributed by atoms with Gasteiger partial charge in [-0.3, -0.25) is 4.90 Å². The Morgan fingerprint density at radius 1 is 1.24 bits per heavy atom. The number of urea groups is 1. The molecule has 0 aromatic heterocycles. The lowest BCUT2D eigenvalue weighted by molar-refractivity contribution is 0.250. The smallest absolute Gasteiger partial charge is 0.326 e. The molecule has 2 aromatic carbocycles. The largest absolute Gasteiger partial charge is 0.497 e. The molecule has 0 spiro atoms. The van der Waals surface area contributed by atoms with Crippen molar-refractivity contribution >= 4 is 17.4 Å². The highest BCUT2D eigenvalue weighted by molar-refractivity contribution is 6.03. The fourth-order valence-electron chi connectivity index (χ4n) is 2.27. The van der Waals surface area contributed by atoms with Crippen LogP contribution in [0, 0.1) is 0 Å². The van der Waals surface area contributed by atoms with Gasteiger partial charge in [0.1, 0.15) is 18.1 Å². The van der Waals surface area contributed by atoms with Crippen LogP contribution in [0.3, 0.4) is 0 Å². The molecule has 0 atom stereocenters. The lowest BCUT2D eigenvalue weighted by Crippen LogP contribution is -2.40. The number of hydrogen-bond donors (Lipinski definition) is 1. The van der Waals surface area contributed by atoms with Crippen LogP contribution in [0.15, 0.2) is 48.5 Å². The summed E-state index contributed by atoms with van der Waals surface area (Å²) < 4.78 is 10.7. The molecule has 0 saturated carbocycles. The number of rotatable bonds is 2. The number of carbonyl (C=O) groups is 1. The van der Waals surface area contributed by atoms with Crippen molar-refractivity contribution in [3.8, 4) is 11.5 Å². The Labute approximate surface area is 123 Å². The molecule has 2 aromatic rings. The Morgan fingerprint density at radius 2 is 2.10 bits per heavy atom. The van der Waals surface area contributed by atoms with Crippen molar-refractivity contribution in [2.45, 2.75) is 0 Å². The number of amides is 2. The maximum absolute atomic E-state index is 12.4. The first kappa shape index (κ1) is 13.3. The average Bonchev–Trinajstić information content (AvgIpc) is 2.54. The van der Waals surface area contributed by atoms with Gasteiger partial charge in [0.05, 0.1) is 19.3 Å². The maximum atomic E-state index is 12.4. The third kappa shape index (κ3) is 2.76. The normalized spacial score (nSPS) is 13.1. The maximum Gasteiger partial charge on any atom is 0.326 e. The fraction of sp³-hybridized carbons (Fsp3) is 0.188. The van der Waals surface area contributed by atoms with Gasteiger partial charge in [0.2, 0.25) is 0 Å². The van der Waals surface area contributed by atoms with Crippen LogP contribution < -0.4 is 19.7 Å². The zero-order valence-electron chi connectivity index (χ0n) is 11.7. The van der Waals surface area contributed by atoms with E-state index in [2.05, 4.69) is 5.32 Å². The van der Waals surface area contributed by atoms with Gasteiger partial charge < -0.3 is 14.8 Å². The minimum Gasteiger partial charge on any atom is -0.497 e. The van der Waals surface area contributed by atoms with Crippen molar-refractivity contribution in [1.29, 1.82) is 0 Å². The van der Waals surface area contributed by atoms with Crippen LogP contribution in [-0.2, 0) is 0 Å². The van der Waals surface area contributed by atoms with E-state index in [-0.39, 0.29) is 6.03 Å². The van der Waals surface area contributed by atoms with Crippen LogP contribution >= 0.6 is 0 Å². The number of nitrogens with zero attached hydrogens (tertiary/aromatic N) is 1. The van der Waals surface area contributed by atoms with E-state index in [0.717, 1.165) is 11.4 Å². The summed E-state index contributed by atoms with van der Waals surface area (Å²) in [7, 11) is 1.60. The predicted octanol–water partition coefficient (Wildman–Crippen LogP) is 3.13. The van der Waals surface area contributed by atoms with E-state index in [1.165, 1.54) is 0 Å². The predicted molar refractivity (Wildman–Crippen MR) is 81.3 cm³/mol. The molecule has 1 N–H and O–H groups in total. The summed E-state index contributed by atoms with van der Waals surface area (Å²) in [5.41, 5.74) is 1.48. The number of carbonyl (C=O) groups excluding carboxylic acids is 1. The molecule has 0 saturated heterocycles. The Bertz CT molecular complexity index is 657. The van der Waals surface area contributed by atoms with E-state index < -0.39 is 0 Å². The summed E-state index contributed by atoms with van der Waals surface area (Å²) in [5, 5.41) is 2.88. The highest BCUT2D eigenvalue weighted by Crippen LogP contribution is 2.31. The quantitative estimate of drug-likeness (QED) is 0.921. The molecule has 5 heteroatoms. The second kappa shape index (κ2) is 5.75. The number of fused-ring (bicyclic) bond motifs is 1. The summed E-state index contributed by atoms with van der Waals surface area (Å²) in [6, 6.07) is 14.6. The zero-order chi connectivity index (χ0) is 14.7. The van der Waals surface area contributed by atoms with Crippen LogP contribution in [0.4, 0.5) is 16.2 Å². The van der Waals surface area contributed by atoms with Crippen LogP contribution in [-0.4, -0.2) is 26.3 Å². The van der Waals surface area contributed by atoms with Gasteiger partial charge in [-0.05, 0) is 24.3 Å². The Kier molecular flexibility index (Phi) is 3.64. The molecular formula is C16H16N2O3. The molecule has 1 aliphatic rings. The number of para-hydroxylation sites is 2. The lowest BCUT2D eigenvalue weighted by atomic mass is 10.2. The lowest BCUT2D eigenvalue weighted by Gasteiger charge is -2.29. The first-order valence-corrected chi connectivity index (χ1v) is 6.72. The molecule has 2 amide bonds. The summed E-state index contributed by atoms with van der Waals surface area (Å²) in [4.78, 5) is 14.1. The summed E-state index contributed by atoms with van der Waals surface area (Å²) in [6.07, 6.45) is 0. The molecule has 0 fully saturated rings. The Morgan fingerprint density at radius 3 is 2.95 bits per heavy atom.